The maximum absolute atomic E-state index is 6.19. The van der Waals surface area contributed by atoms with Crippen molar-refractivity contribution in [1.82, 2.24) is 0 Å². The minimum atomic E-state index is -0.223. The Hall–Kier alpha value is -6.26. The van der Waals surface area contributed by atoms with Crippen molar-refractivity contribution in [3.63, 3.8) is 0 Å². The molecule has 0 fully saturated rings. The van der Waals surface area contributed by atoms with Crippen molar-refractivity contribution in [3.8, 4) is 28.2 Å². The highest BCUT2D eigenvalue weighted by atomic mass is 16.5. The number of nitrogens with one attached hydrogen (secondary N) is 1. The van der Waals surface area contributed by atoms with Crippen molar-refractivity contribution in [2.45, 2.75) is 6.23 Å². The summed E-state index contributed by atoms with van der Waals surface area (Å²) in [6.45, 7) is 0. The molecule has 224 valence electrons. The van der Waals surface area contributed by atoms with Crippen LogP contribution in [0.2, 0.25) is 0 Å². The van der Waals surface area contributed by atoms with Gasteiger partial charge in [-0.1, -0.05) is 91.0 Å². The minimum Gasteiger partial charge on any atom is -0.464 e. The molecule has 0 bridgehead atoms. The highest BCUT2D eigenvalue weighted by Gasteiger charge is 2.23. The number of rotatable bonds is 6. The predicted octanol–water partition coefficient (Wildman–Crippen LogP) is 11.9. The van der Waals surface area contributed by atoms with E-state index in [9.17, 15) is 0 Å². The Morgan fingerprint density at radius 2 is 1.06 bits per heavy atom. The summed E-state index contributed by atoms with van der Waals surface area (Å²) >= 11 is 0. The van der Waals surface area contributed by atoms with E-state index in [1.54, 1.807) is 0 Å². The van der Waals surface area contributed by atoms with Crippen LogP contribution in [0.3, 0.4) is 0 Å². The van der Waals surface area contributed by atoms with Crippen LogP contribution < -0.4 is 15.0 Å². The molecule has 4 heteroatoms. The molecule has 1 N–H and O–H groups in total. The number of hydrogen-bond donors (Lipinski definition) is 1. The lowest BCUT2D eigenvalue weighted by molar-refractivity contribution is 0.260. The summed E-state index contributed by atoms with van der Waals surface area (Å²) in [5.74, 6) is 1.73. The molecule has 1 unspecified atom stereocenters. The Bertz CT molecular complexity index is 2300. The molecule has 1 aromatic heterocycles. The molecule has 0 spiro atoms. The molecule has 0 aliphatic carbocycles. The van der Waals surface area contributed by atoms with Gasteiger partial charge < -0.3 is 19.4 Å². The first-order chi connectivity index (χ1) is 23.2. The van der Waals surface area contributed by atoms with E-state index in [-0.39, 0.29) is 6.23 Å². The lowest BCUT2D eigenvalue weighted by Gasteiger charge is -2.26. The van der Waals surface area contributed by atoms with Gasteiger partial charge in [-0.25, -0.2) is 0 Å². The zero-order valence-electron chi connectivity index (χ0n) is 25.5. The van der Waals surface area contributed by atoms with Crippen molar-refractivity contribution in [3.05, 3.63) is 175 Å². The van der Waals surface area contributed by atoms with E-state index in [2.05, 4.69) is 138 Å². The van der Waals surface area contributed by atoms with Crippen molar-refractivity contribution < 1.29 is 9.15 Å². The highest BCUT2D eigenvalue weighted by molar-refractivity contribution is 5.88. The molecule has 7 aromatic carbocycles. The van der Waals surface area contributed by atoms with Crippen LogP contribution in [0.25, 0.3) is 44.2 Å². The van der Waals surface area contributed by atoms with E-state index in [1.807, 2.05) is 42.5 Å². The van der Waals surface area contributed by atoms with E-state index >= 15 is 0 Å². The number of anilines is 4. The Labute approximate surface area is 273 Å². The molecule has 0 amide bonds. The van der Waals surface area contributed by atoms with Crippen LogP contribution in [0, 0.1) is 0 Å². The molecule has 47 heavy (non-hydrogen) atoms. The van der Waals surface area contributed by atoms with Gasteiger partial charge >= 0.3 is 0 Å². The summed E-state index contributed by atoms with van der Waals surface area (Å²) in [5, 5.41) is 7.07. The van der Waals surface area contributed by atoms with Crippen LogP contribution >= 0.6 is 0 Å². The Morgan fingerprint density at radius 3 is 1.79 bits per heavy atom. The van der Waals surface area contributed by atoms with E-state index in [1.165, 1.54) is 21.9 Å². The quantitative estimate of drug-likeness (QED) is 0.204. The normalized spacial score (nSPS) is 13.7. The first kappa shape index (κ1) is 27.1. The number of furan rings is 1. The average molecular weight is 607 g/mol. The molecule has 1 atom stereocenters. The van der Waals surface area contributed by atoms with E-state index in [0.717, 1.165) is 56.4 Å². The second-order valence-corrected chi connectivity index (χ2v) is 11.9. The van der Waals surface area contributed by atoms with Crippen molar-refractivity contribution in [1.29, 1.82) is 0 Å². The molecule has 0 saturated carbocycles. The van der Waals surface area contributed by atoms with Crippen molar-refractivity contribution in [2.24, 2.45) is 0 Å². The fourth-order valence-electron chi connectivity index (χ4n) is 6.45. The second-order valence-electron chi connectivity index (χ2n) is 11.9. The maximum atomic E-state index is 6.19. The maximum Gasteiger partial charge on any atom is 0.196 e. The van der Waals surface area contributed by atoms with Crippen LogP contribution in [0.15, 0.2) is 174 Å². The SMILES string of the molecule is c1ccc2c(c1)NC(c1ccc(N(c3ccc(-c4ccc5ccccc5c4)cc3)c3ccc(-c4cc5ccccc5o4)cc3)cc1)O2. The molecule has 0 radical (unpaired) electrons. The van der Waals surface area contributed by atoms with Crippen LogP contribution in [0.1, 0.15) is 11.8 Å². The summed E-state index contributed by atoms with van der Waals surface area (Å²) in [7, 11) is 0. The summed E-state index contributed by atoms with van der Waals surface area (Å²) in [4.78, 5) is 2.29. The summed E-state index contributed by atoms with van der Waals surface area (Å²) in [6.07, 6.45) is -0.223. The molecular weight excluding hydrogens is 576 g/mol. The van der Waals surface area contributed by atoms with Gasteiger partial charge in [0.25, 0.3) is 0 Å². The van der Waals surface area contributed by atoms with E-state index < -0.39 is 0 Å². The monoisotopic (exact) mass is 606 g/mol. The fourth-order valence-corrected chi connectivity index (χ4v) is 6.45. The number of nitrogens with zero attached hydrogens (tertiary/aromatic N) is 1. The summed E-state index contributed by atoms with van der Waals surface area (Å²) in [6, 6.07) is 59.4. The molecule has 9 rings (SSSR count). The second kappa shape index (κ2) is 11.3. The molecular formula is C43H30N2O2. The topological polar surface area (TPSA) is 37.6 Å². The molecule has 8 aromatic rings. The molecule has 1 aliphatic rings. The first-order valence-corrected chi connectivity index (χ1v) is 15.9. The number of hydrogen-bond acceptors (Lipinski definition) is 4. The Kier molecular flexibility index (Phi) is 6.50. The zero-order chi connectivity index (χ0) is 31.2. The Balaban J connectivity index is 1.06. The summed E-state index contributed by atoms with van der Waals surface area (Å²) < 4.78 is 12.3. The van der Waals surface area contributed by atoms with E-state index in [0.29, 0.717) is 0 Å². The standard InChI is InChI=1S/C43H30N2O2/c1-2-8-33-27-34(14-13-29(33)7-1)30-15-21-36(22-16-30)45(37-23-17-31(18-24-37)42-28-35-9-3-5-11-40(35)46-42)38-25-19-32(20-26-38)43-44-39-10-4-6-12-41(39)47-43/h1-28,43-44H. The molecule has 4 nitrogen and oxygen atoms in total. The van der Waals surface area contributed by atoms with E-state index in [4.69, 9.17) is 9.15 Å². The number of ether oxygens (including phenoxy) is 1. The zero-order valence-corrected chi connectivity index (χ0v) is 25.5. The number of fused-ring (bicyclic) bond motifs is 3. The summed E-state index contributed by atoms with van der Waals surface area (Å²) in [5.41, 5.74) is 9.57. The van der Waals surface area contributed by atoms with Crippen LogP contribution in [-0.4, -0.2) is 0 Å². The average Bonchev–Trinajstić information content (AvgIpc) is 3.78. The number of para-hydroxylation sites is 3. The van der Waals surface area contributed by atoms with Gasteiger partial charge in [0.05, 0.1) is 5.69 Å². The van der Waals surface area contributed by atoms with Gasteiger partial charge in [-0.05, 0) is 101 Å². The van der Waals surface area contributed by atoms with Gasteiger partial charge in [0.1, 0.15) is 17.1 Å². The van der Waals surface area contributed by atoms with Gasteiger partial charge in [0, 0.05) is 33.6 Å². The van der Waals surface area contributed by atoms with Gasteiger partial charge in [-0.15, -0.1) is 0 Å². The van der Waals surface area contributed by atoms with Gasteiger partial charge in [0.15, 0.2) is 6.23 Å². The largest absolute Gasteiger partial charge is 0.464 e. The first-order valence-electron chi connectivity index (χ1n) is 15.9. The minimum absolute atomic E-state index is 0.223. The lowest BCUT2D eigenvalue weighted by atomic mass is 10.0. The van der Waals surface area contributed by atoms with Crippen LogP contribution in [0.5, 0.6) is 5.75 Å². The molecule has 2 heterocycles. The third-order valence-electron chi connectivity index (χ3n) is 8.92. The third kappa shape index (κ3) is 5.06. The highest BCUT2D eigenvalue weighted by Crippen LogP contribution is 2.40. The van der Waals surface area contributed by atoms with Crippen molar-refractivity contribution >= 4 is 44.5 Å². The molecule has 0 saturated heterocycles. The lowest BCUT2D eigenvalue weighted by Crippen LogP contribution is -2.12. The van der Waals surface area contributed by atoms with Gasteiger partial charge in [-0.2, -0.15) is 0 Å². The smallest absolute Gasteiger partial charge is 0.196 e. The predicted molar refractivity (Wildman–Crippen MR) is 193 cm³/mol. The fraction of sp³-hybridized carbons (Fsp3) is 0.0233. The van der Waals surface area contributed by atoms with Crippen LogP contribution in [-0.2, 0) is 0 Å². The number of benzene rings is 7. The van der Waals surface area contributed by atoms with Gasteiger partial charge in [0.2, 0.25) is 0 Å². The molecule has 1 aliphatic heterocycles. The van der Waals surface area contributed by atoms with Crippen LogP contribution in [0.4, 0.5) is 22.7 Å². The van der Waals surface area contributed by atoms with Gasteiger partial charge in [-0.3, -0.25) is 0 Å². The Morgan fingerprint density at radius 1 is 0.468 bits per heavy atom. The van der Waals surface area contributed by atoms with Crippen molar-refractivity contribution in [2.75, 3.05) is 10.2 Å². The third-order valence-corrected chi connectivity index (χ3v) is 8.92.